The summed E-state index contributed by atoms with van der Waals surface area (Å²) in [6, 6.07) is 8.15. The standard InChI is InChI=1S/C15H17N3OS/c1-16-14-12-5-3-2-4-11(12)13(8-17-14)15(19)18-10-6-7-20-9-10/h2-5,8,10H,6-7,9H2,1H3,(H,16,17)(H,18,19). The van der Waals surface area contributed by atoms with Gasteiger partial charge in [0, 0.05) is 30.4 Å². The molecule has 0 radical (unpaired) electrons. The highest BCUT2D eigenvalue weighted by Gasteiger charge is 2.20. The first-order valence-electron chi connectivity index (χ1n) is 6.73. The Morgan fingerprint density at radius 2 is 2.15 bits per heavy atom. The third-order valence-corrected chi connectivity index (χ3v) is 4.70. The number of thioether (sulfide) groups is 1. The van der Waals surface area contributed by atoms with Gasteiger partial charge in [0.25, 0.3) is 5.91 Å². The number of benzene rings is 1. The highest BCUT2D eigenvalue weighted by molar-refractivity contribution is 7.99. The quantitative estimate of drug-likeness (QED) is 0.911. The molecule has 1 amide bonds. The highest BCUT2D eigenvalue weighted by atomic mass is 32.2. The fourth-order valence-corrected chi connectivity index (χ4v) is 3.64. The van der Waals surface area contributed by atoms with E-state index in [9.17, 15) is 4.79 Å². The molecule has 0 saturated carbocycles. The zero-order valence-electron chi connectivity index (χ0n) is 11.3. The number of fused-ring (bicyclic) bond motifs is 1. The van der Waals surface area contributed by atoms with Gasteiger partial charge in [-0.3, -0.25) is 4.79 Å². The second kappa shape index (κ2) is 5.71. The maximum absolute atomic E-state index is 12.4. The van der Waals surface area contributed by atoms with Gasteiger partial charge in [-0.15, -0.1) is 0 Å². The fourth-order valence-electron chi connectivity index (χ4n) is 2.48. The van der Waals surface area contributed by atoms with Crippen molar-refractivity contribution in [2.75, 3.05) is 23.9 Å². The number of hydrogen-bond acceptors (Lipinski definition) is 4. The van der Waals surface area contributed by atoms with Crippen molar-refractivity contribution in [2.45, 2.75) is 12.5 Å². The Morgan fingerprint density at radius 1 is 1.35 bits per heavy atom. The minimum absolute atomic E-state index is 0.0242. The van der Waals surface area contributed by atoms with E-state index in [4.69, 9.17) is 0 Å². The van der Waals surface area contributed by atoms with E-state index in [2.05, 4.69) is 15.6 Å². The van der Waals surface area contributed by atoms with Gasteiger partial charge in [0.2, 0.25) is 0 Å². The number of hydrogen-bond donors (Lipinski definition) is 2. The molecule has 2 heterocycles. The summed E-state index contributed by atoms with van der Waals surface area (Å²) < 4.78 is 0. The van der Waals surface area contributed by atoms with E-state index < -0.39 is 0 Å². The smallest absolute Gasteiger partial charge is 0.253 e. The van der Waals surface area contributed by atoms with E-state index in [0.717, 1.165) is 34.5 Å². The van der Waals surface area contributed by atoms with Crippen molar-refractivity contribution in [1.29, 1.82) is 0 Å². The van der Waals surface area contributed by atoms with Gasteiger partial charge in [0.05, 0.1) is 5.56 Å². The number of carbonyl (C=O) groups is 1. The van der Waals surface area contributed by atoms with Gasteiger partial charge in [0.1, 0.15) is 5.82 Å². The molecule has 5 heteroatoms. The minimum atomic E-state index is -0.0242. The molecule has 1 aromatic heterocycles. The predicted molar refractivity (Wildman–Crippen MR) is 84.5 cm³/mol. The third-order valence-electron chi connectivity index (χ3n) is 3.54. The number of carbonyl (C=O) groups excluding carboxylic acids is 1. The highest BCUT2D eigenvalue weighted by Crippen LogP contribution is 2.24. The lowest BCUT2D eigenvalue weighted by Gasteiger charge is -2.13. The Hall–Kier alpha value is -1.75. The van der Waals surface area contributed by atoms with Gasteiger partial charge in [-0.25, -0.2) is 4.98 Å². The number of rotatable bonds is 3. The number of aromatic nitrogens is 1. The number of anilines is 1. The number of amides is 1. The van der Waals surface area contributed by atoms with E-state index in [1.165, 1.54) is 0 Å². The van der Waals surface area contributed by atoms with Gasteiger partial charge < -0.3 is 10.6 Å². The Kier molecular flexibility index (Phi) is 3.78. The van der Waals surface area contributed by atoms with Gasteiger partial charge in [-0.1, -0.05) is 24.3 Å². The maximum atomic E-state index is 12.4. The Balaban J connectivity index is 1.96. The van der Waals surface area contributed by atoms with Gasteiger partial charge >= 0.3 is 0 Å². The molecule has 1 atom stereocenters. The second-order valence-corrected chi connectivity index (χ2v) is 6.00. The summed E-state index contributed by atoms with van der Waals surface area (Å²) in [6.07, 6.45) is 2.71. The minimum Gasteiger partial charge on any atom is -0.373 e. The average Bonchev–Trinajstić information content (AvgIpc) is 2.99. The molecule has 3 rings (SSSR count). The number of pyridine rings is 1. The van der Waals surface area contributed by atoms with Crippen LogP contribution in [0.5, 0.6) is 0 Å². The van der Waals surface area contributed by atoms with Crippen LogP contribution in [0.1, 0.15) is 16.8 Å². The molecule has 1 fully saturated rings. The van der Waals surface area contributed by atoms with Crippen LogP contribution in [0.25, 0.3) is 10.8 Å². The van der Waals surface area contributed by atoms with Crippen LogP contribution in [0.4, 0.5) is 5.82 Å². The zero-order valence-corrected chi connectivity index (χ0v) is 12.2. The van der Waals surface area contributed by atoms with Crippen LogP contribution in [0.15, 0.2) is 30.5 Å². The molecule has 1 aliphatic heterocycles. The van der Waals surface area contributed by atoms with E-state index in [-0.39, 0.29) is 11.9 Å². The first-order chi connectivity index (χ1) is 9.79. The van der Waals surface area contributed by atoms with Crippen molar-refractivity contribution in [1.82, 2.24) is 10.3 Å². The van der Waals surface area contributed by atoms with Crippen LogP contribution in [-0.4, -0.2) is 35.5 Å². The molecule has 1 aliphatic rings. The van der Waals surface area contributed by atoms with Crippen molar-refractivity contribution in [3.63, 3.8) is 0 Å². The molecular weight excluding hydrogens is 270 g/mol. The van der Waals surface area contributed by atoms with Gasteiger partial charge in [0.15, 0.2) is 0 Å². The van der Waals surface area contributed by atoms with Crippen LogP contribution in [0, 0.1) is 0 Å². The molecule has 2 aromatic rings. The molecule has 104 valence electrons. The predicted octanol–water partition coefficient (Wildman–Crippen LogP) is 2.51. The summed E-state index contributed by atoms with van der Waals surface area (Å²) >= 11 is 1.89. The van der Waals surface area contributed by atoms with E-state index in [1.807, 2.05) is 43.1 Å². The van der Waals surface area contributed by atoms with Crippen LogP contribution in [0.3, 0.4) is 0 Å². The van der Waals surface area contributed by atoms with Crippen LogP contribution >= 0.6 is 11.8 Å². The lowest BCUT2D eigenvalue weighted by Crippen LogP contribution is -2.34. The largest absolute Gasteiger partial charge is 0.373 e. The fraction of sp³-hybridized carbons (Fsp3) is 0.333. The van der Waals surface area contributed by atoms with Gasteiger partial charge in [-0.2, -0.15) is 11.8 Å². The molecule has 0 spiro atoms. The Bertz CT molecular complexity index is 638. The SMILES string of the molecule is CNc1ncc(C(=O)NC2CCSC2)c2ccccc12. The van der Waals surface area contributed by atoms with Crippen LogP contribution in [-0.2, 0) is 0 Å². The number of nitrogens with zero attached hydrogens (tertiary/aromatic N) is 1. The van der Waals surface area contributed by atoms with Crippen LogP contribution < -0.4 is 10.6 Å². The normalized spacial score (nSPS) is 18.1. The Labute approximate surface area is 122 Å². The lowest BCUT2D eigenvalue weighted by atomic mass is 10.1. The summed E-state index contributed by atoms with van der Waals surface area (Å²) in [6.45, 7) is 0. The number of nitrogens with one attached hydrogen (secondary N) is 2. The van der Waals surface area contributed by atoms with E-state index in [0.29, 0.717) is 5.56 Å². The monoisotopic (exact) mass is 287 g/mol. The first kappa shape index (κ1) is 13.2. The lowest BCUT2D eigenvalue weighted by molar-refractivity contribution is 0.0942. The summed E-state index contributed by atoms with van der Waals surface area (Å²) in [5.74, 6) is 2.91. The molecule has 1 aromatic carbocycles. The molecule has 1 unspecified atom stereocenters. The van der Waals surface area contributed by atoms with Crippen molar-refractivity contribution < 1.29 is 4.79 Å². The Morgan fingerprint density at radius 3 is 2.85 bits per heavy atom. The molecule has 1 saturated heterocycles. The summed E-state index contributed by atoms with van der Waals surface area (Å²) in [7, 11) is 1.84. The van der Waals surface area contributed by atoms with Gasteiger partial charge in [-0.05, 0) is 17.6 Å². The summed E-state index contributed by atoms with van der Waals surface area (Å²) in [4.78, 5) is 16.8. The van der Waals surface area contributed by atoms with Crippen molar-refractivity contribution in [3.8, 4) is 0 Å². The molecule has 2 N–H and O–H groups in total. The first-order valence-corrected chi connectivity index (χ1v) is 7.89. The summed E-state index contributed by atoms with van der Waals surface area (Å²) in [5.41, 5.74) is 0.650. The van der Waals surface area contributed by atoms with Crippen molar-refractivity contribution >= 4 is 34.3 Å². The van der Waals surface area contributed by atoms with Crippen molar-refractivity contribution in [3.05, 3.63) is 36.0 Å². The molecule has 0 bridgehead atoms. The van der Waals surface area contributed by atoms with Crippen molar-refractivity contribution in [2.24, 2.45) is 0 Å². The van der Waals surface area contributed by atoms with Crippen LogP contribution in [0.2, 0.25) is 0 Å². The van der Waals surface area contributed by atoms with E-state index >= 15 is 0 Å². The molecule has 20 heavy (non-hydrogen) atoms. The topological polar surface area (TPSA) is 54.0 Å². The zero-order chi connectivity index (χ0) is 13.9. The van der Waals surface area contributed by atoms with E-state index in [1.54, 1.807) is 6.20 Å². The average molecular weight is 287 g/mol. The summed E-state index contributed by atoms with van der Waals surface area (Å²) in [5, 5.41) is 8.08. The molecule has 4 nitrogen and oxygen atoms in total. The molecular formula is C15H17N3OS. The molecule has 0 aliphatic carbocycles. The third kappa shape index (κ3) is 2.45. The second-order valence-electron chi connectivity index (χ2n) is 4.85. The maximum Gasteiger partial charge on any atom is 0.253 e.